The van der Waals surface area contributed by atoms with Gasteiger partial charge < -0.3 is 15.2 Å². The molecule has 0 atom stereocenters. The van der Waals surface area contributed by atoms with E-state index in [0.29, 0.717) is 0 Å². The molecule has 0 saturated heterocycles. The number of esters is 1. The van der Waals surface area contributed by atoms with Crippen molar-refractivity contribution in [1.29, 1.82) is 0 Å². The number of ether oxygens (including phenoxy) is 2. The molecule has 0 aliphatic carbocycles. The first-order valence-corrected chi connectivity index (χ1v) is 5.06. The molecule has 5 nitrogen and oxygen atoms in total. The molecule has 9 heteroatoms. The molecule has 0 radical (unpaired) electrons. The number of alkyl halides is 4. The summed E-state index contributed by atoms with van der Waals surface area (Å²) in [4.78, 5) is 14.7. The van der Waals surface area contributed by atoms with Crippen LogP contribution in [-0.2, 0) is 11.4 Å². The number of pyridine rings is 1. The van der Waals surface area contributed by atoms with Crippen LogP contribution in [0.15, 0.2) is 6.07 Å². The first-order chi connectivity index (χ1) is 8.78. The molecular formula is C10H10F4N2O3. The summed E-state index contributed by atoms with van der Waals surface area (Å²) >= 11 is 0. The molecule has 0 unspecified atom stereocenters. The minimum atomic E-state index is -5.05. The van der Waals surface area contributed by atoms with Gasteiger partial charge in [-0.2, -0.15) is 0 Å². The Labute approximate surface area is 105 Å². The molecule has 0 aromatic carbocycles. The lowest BCUT2D eigenvalue weighted by Crippen LogP contribution is -2.20. The lowest BCUT2D eigenvalue weighted by atomic mass is 10.2. The van der Waals surface area contributed by atoms with E-state index in [2.05, 4.69) is 14.5 Å². The summed E-state index contributed by atoms with van der Waals surface area (Å²) in [6.07, 6.45) is -5.05. The van der Waals surface area contributed by atoms with Crippen LogP contribution in [-0.4, -0.2) is 23.9 Å². The van der Waals surface area contributed by atoms with Crippen molar-refractivity contribution >= 4 is 11.7 Å². The van der Waals surface area contributed by atoms with Crippen molar-refractivity contribution in [3.63, 3.8) is 0 Å². The summed E-state index contributed by atoms with van der Waals surface area (Å²) in [5.41, 5.74) is 3.83. The number of nitrogen functional groups attached to an aromatic ring is 1. The minimum Gasteiger partial charge on any atom is -0.462 e. The summed E-state index contributed by atoms with van der Waals surface area (Å²) in [6, 6.07) is 0.913. The highest BCUT2D eigenvalue weighted by atomic mass is 19.4. The predicted octanol–water partition coefficient (Wildman–Crippen LogP) is 2.21. The van der Waals surface area contributed by atoms with Gasteiger partial charge in [-0.25, -0.2) is 14.2 Å². The number of anilines is 1. The largest absolute Gasteiger partial charge is 0.574 e. The van der Waals surface area contributed by atoms with E-state index >= 15 is 0 Å². The SMILES string of the molecule is CCOC(=O)c1cc(CF)nc(OC(F)(F)F)c1N. The average molecular weight is 282 g/mol. The normalized spacial score (nSPS) is 11.2. The van der Waals surface area contributed by atoms with Crippen LogP contribution in [0.2, 0.25) is 0 Å². The van der Waals surface area contributed by atoms with E-state index in [-0.39, 0.29) is 6.61 Å². The van der Waals surface area contributed by atoms with E-state index in [1.807, 2.05) is 0 Å². The van der Waals surface area contributed by atoms with Crippen LogP contribution in [0.5, 0.6) is 5.88 Å². The van der Waals surface area contributed by atoms with Gasteiger partial charge in [0.15, 0.2) is 0 Å². The smallest absolute Gasteiger partial charge is 0.462 e. The highest BCUT2D eigenvalue weighted by Gasteiger charge is 2.34. The third-order valence-electron chi connectivity index (χ3n) is 1.92. The van der Waals surface area contributed by atoms with Gasteiger partial charge in [0.2, 0.25) is 5.88 Å². The standard InChI is InChI=1S/C10H10F4N2O3/c1-2-18-9(17)6-3-5(4-11)16-8(7(6)15)19-10(12,13)14/h3H,2,4,15H2,1H3. The van der Waals surface area contributed by atoms with Crippen LogP contribution >= 0.6 is 0 Å². The van der Waals surface area contributed by atoms with Gasteiger partial charge in [-0.3, -0.25) is 0 Å². The molecule has 2 N–H and O–H groups in total. The van der Waals surface area contributed by atoms with Crippen molar-refractivity contribution in [3.8, 4) is 5.88 Å². The van der Waals surface area contributed by atoms with Crippen molar-refractivity contribution in [2.24, 2.45) is 0 Å². The first-order valence-electron chi connectivity index (χ1n) is 5.06. The fourth-order valence-corrected chi connectivity index (χ4v) is 1.22. The molecule has 1 rings (SSSR count). The first kappa shape index (κ1) is 15.0. The van der Waals surface area contributed by atoms with Crippen LogP contribution in [0.3, 0.4) is 0 Å². The van der Waals surface area contributed by atoms with Gasteiger partial charge >= 0.3 is 12.3 Å². The van der Waals surface area contributed by atoms with Gasteiger partial charge in [-0.05, 0) is 13.0 Å². The Bertz CT molecular complexity index is 477. The number of nitrogens with zero attached hydrogens (tertiary/aromatic N) is 1. The molecule has 1 aromatic heterocycles. The third-order valence-corrected chi connectivity index (χ3v) is 1.92. The van der Waals surface area contributed by atoms with Gasteiger partial charge in [0.1, 0.15) is 12.4 Å². The molecular weight excluding hydrogens is 272 g/mol. The zero-order valence-corrected chi connectivity index (χ0v) is 9.75. The van der Waals surface area contributed by atoms with Crippen LogP contribution in [0, 0.1) is 0 Å². The fraction of sp³-hybridized carbons (Fsp3) is 0.400. The third kappa shape index (κ3) is 3.97. The number of aromatic nitrogens is 1. The maximum Gasteiger partial charge on any atom is 0.574 e. The van der Waals surface area contributed by atoms with Gasteiger partial charge in [0, 0.05) is 0 Å². The molecule has 1 heterocycles. The number of carbonyl (C=O) groups is 1. The van der Waals surface area contributed by atoms with Gasteiger partial charge in [0.05, 0.1) is 17.9 Å². The van der Waals surface area contributed by atoms with Gasteiger partial charge in [0.25, 0.3) is 0 Å². The number of hydrogen-bond donors (Lipinski definition) is 1. The Morgan fingerprint density at radius 1 is 1.47 bits per heavy atom. The van der Waals surface area contributed by atoms with Crippen molar-refractivity contribution in [2.45, 2.75) is 20.0 Å². The van der Waals surface area contributed by atoms with E-state index < -0.39 is 41.8 Å². The van der Waals surface area contributed by atoms with Crippen molar-refractivity contribution in [3.05, 3.63) is 17.3 Å². The van der Waals surface area contributed by atoms with E-state index in [0.717, 1.165) is 6.07 Å². The fourth-order valence-electron chi connectivity index (χ4n) is 1.22. The molecule has 0 aliphatic heterocycles. The summed E-state index contributed by atoms with van der Waals surface area (Å²) in [6.45, 7) is 0.306. The minimum absolute atomic E-state index is 0.0129. The number of carbonyl (C=O) groups excluding carboxylic acids is 1. The Morgan fingerprint density at radius 2 is 2.11 bits per heavy atom. The van der Waals surface area contributed by atoms with Crippen molar-refractivity contribution in [1.82, 2.24) is 4.98 Å². The average Bonchev–Trinajstić information content (AvgIpc) is 2.30. The number of hydrogen-bond acceptors (Lipinski definition) is 5. The Kier molecular flexibility index (Phi) is 4.52. The summed E-state index contributed by atoms with van der Waals surface area (Å²) in [7, 11) is 0. The number of halogens is 4. The monoisotopic (exact) mass is 282 g/mol. The van der Waals surface area contributed by atoms with E-state index in [1.54, 1.807) is 0 Å². The zero-order valence-electron chi connectivity index (χ0n) is 9.75. The number of rotatable bonds is 4. The van der Waals surface area contributed by atoms with E-state index in [9.17, 15) is 22.4 Å². The Hall–Kier alpha value is -2.06. The van der Waals surface area contributed by atoms with Crippen LogP contribution in [0.25, 0.3) is 0 Å². The molecule has 0 saturated carbocycles. The number of nitrogens with two attached hydrogens (primary N) is 1. The molecule has 0 bridgehead atoms. The van der Waals surface area contributed by atoms with Crippen molar-refractivity contribution < 1.29 is 31.8 Å². The summed E-state index contributed by atoms with van der Waals surface area (Å²) in [5, 5.41) is 0. The molecule has 106 valence electrons. The molecule has 1 aromatic rings. The van der Waals surface area contributed by atoms with E-state index in [1.165, 1.54) is 6.92 Å². The molecule has 19 heavy (non-hydrogen) atoms. The highest BCUT2D eigenvalue weighted by Crippen LogP contribution is 2.30. The second kappa shape index (κ2) is 5.72. The van der Waals surface area contributed by atoms with Crippen LogP contribution < -0.4 is 10.5 Å². The van der Waals surface area contributed by atoms with Crippen LogP contribution in [0.1, 0.15) is 23.0 Å². The summed E-state index contributed by atoms with van der Waals surface area (Å²) < 4.78 is 57.0. The quantitative estimate of drug-likeness (QED) is 0.677. The van der Waals surface area contributed by atoms with Gasteiger partial charge in [-0.1, -0.05) is 0 Å². The Morgan fingerprint density at radius 3 is 2.58 bits per heavy atom. The van der Waals surface area contributed by atoms with Gasteiger partial charge in [-0.15, -0.1) is 13.2 Å². The van der Waals surface area contributed by atoms with E-state index in [4.69, 9.17) is 5.73 Å². The second-order valence-corrected chi connectivity index (χ2v) is 3.28. The molecule has 0 aliphatic rings. The molecule has 0 spiro atoms. The maximum atomic E-state index is 12.5. The molecule has 0 amide bonds. The lowest BCUT2D eigenvalue weighted by molar-refractivity contribution is -0.275. The second-order valence-electron chi connectivity index (χ2n) is 3.28. The summed E-state index contributed by atoms with van der Waals surface area (Å²) in [5.74, 6) is -2.06. The maximum absolute atomic E-state index is 12.5. The van der Waals surface area contributed by atoms with Crippen LogP contribution in [0.4, 0.5) is 23.2 Å². The molecule has 0 fully saturated rings. The predicted molar refractivity (Wildman–Crippen MR) is 56.1 cm³/mol. The lowest BCUT2D eigenvalue weighted by Gasteiger charge is -2.13. The highest BCUT2D eigenvalue weighted by molar-refractivity contribution is 5.96. The zero-order chi connectivity index (χ0) is 14.6. The Balaban J connectivity index is 3.24. The van der Waals surface area contributed by atoms with Crippen molar-refractivity contribution in [2.75, 3.05) is 12.3 Å². The topological polar surface area (TPSA) is 74.4 Å².